The second-order valence-corrected chi connectivity index (χ2v) is 7.53. The number of pyridine rings is 1. The number of likely N-dealkylation sites (N-methyl/N-ethyl adjacent to an activating group) is 1. The molecule has 2 unspecified atom stereocenters. The molecule has 142 valence electrons. The number of hydrogen-bond acceptors (Lipinski definition) is 5. The number of carbonyl (C=O) groups excluding carboxylic acids is 2. The van der Waals surface area contributed by atoms with E-state index in [1.807, 2.05) is 18.7 Å². The van der Waals surface area contributed by atoms with E-state index in [0.717, 1.165) is 19.4 Å². The summed E-state index contributed by atoms with van der Waals surface area (Å²) < 4.78 is 5.60. The molecule has 0 saturated carbocycles. The maximum absolute atomic E-state index is 12.9. The van der Waals surface area contributed by atoms with Crippen LogP contribution in [0.25, 0.3) is 0 Å². The van der Waals surface area contributed by atoms with Crippen molar-refractivity contribution < 1.29 is 14.3 Å². The number of piperazine rings is 1. The number of nitrogens with one attached hydrogen (secondary N) is 1. The van der Waals surface area contributed by atoms with E-state index in [1.165, 1.54) is 0 Å². The summed E-state index contributed by atoms with van der Waals surface area (Å²) in [7, 11) is 2.07. The molecule has 2 aliphatic heterocycles. The minimum Gasteiger partial charge on any atom is -0.365 e. The fraction of sp³-hybridized carbons (Fsp3) is 0.632. The highest BCUT2D eigenvalue weighted by Gasteiger charge is 2.32. The molecule has 2 aliphatic rings. The van der Waals surface area contributed by atoms with Gasteiger partial charge in [-0.2, -0.15) is 0 Å². The third-order valence-corrected chi connectivity index (χ3v) is 5.33. The highest BCUT2D eigenvalue weighted by atomic mass is 16.5. The van der Waals surface area contributed by atoms with Crippen LogP contribution in [0.1, 0.15) is 44.1 Å². The molecule has 0 bridgehead atoms. The Bertz CT molecular complexity index is 681. The molecular weight excluding hydrogens is 332 g/mol. The number of amides is 2. The first-order valence-electron chi connectivity index (χ1n) is 9.28. The third-order valence-electron chi connectivity index (χ3n) is 5.33. The predicted molar refractivity (Wildman–Crippen MR) is 99.0 cm³/mol. The average Bonchev–Trinajstić information content (AvgIpc) is 3.04. The number of aromatic nitrogens is 1. The van der Waals surface area contributed by atoms with Crippen molar-refractivity contribution >= 4 is 17.5 Å². The maximum atomic E-state index is 12.9. The van der Waals surface area contributed by atoms with E-state index in [1.54, 1.807) is 18.3 Å². The van der Waals surface area contributed by atoms with E-state index in [0.29, 0.717) is 24.0 Å². The second kappa shape index (κ2) is 7.72. The lowest BCUT2D eigenvalue weighted by molar-refractivity contribution is -0.126. The summed E-state index contributed by atoms with van der Waals surface area (Å²) in [6.45, 7) is 7.63. The normalized spacial score (nSPS) is 29.6. The zero-order chi connectivity index (χ0) is 18.8. The van der Waals surface area contributed by atoms with E-state index < -0.39 is 6.10 Å². The second-order valence-electron chi connectivity index (χ2n) is 7.53. The monoisotopic (exact) mass is 360 g/mol. The summed E-state index contributed by atoms with van der Waals surface area (Å²) in [4.78, 5) is 33.6. The van der Waals surface area contributed by atoms with Gasteiger partial charge in [-0.05, 0) is 52.8 Å². The Kier molecular flexibility index (Phi) is 5.58. The van der Waals surface area contributed by atoms with Crippen molar-refractivity contribution in [3.63, 3.8) is 0 Å². The van der Waals surface area contributed by atoms with E-state index in [2.05, 4.69) is 29.2 Å². The van der Waals surface area contributed by atoms with Crippen LogP contribution in [0.15, 0.2) is 18.3 Å². The smallest absolute Gasteiger partial charge is 0.272 e. The number of hydrogen-bond donors (Lipinski definition) is 1. The van der Waals surface area contributed by atoms with Crippen molar-refractivity contribution in [3.8, 4) is 0 Å². The molecule has 1 aromatic rings. The number of anilines is 1. The Morgan fingerprint density at radius 2 is 1.96 bits per heavy atom. The molecule has 1 N–H and O–H groups in total. The minimum absolute atomic E-state index is 0.0979. The Hall–Kier alpha value is -1.99. The van der Waals surface area contributed by atoms with Crippen LogP contribution in [0.3, 0.4) is 0 Å². The Morgan fingerprint density at radius 1 is 1.19 bits per heavy atom. The van der Waals surface area contributed by atoms with Crippen LogP contribution in [0.4, 0.5) is 5.69 Å². The van der Waals surface area contributed by atoms with Gasteiger partial charge < -0.3 is 15.0 Å². The fourth-order valence-corrected chi connectivity index (χ4v) is 3.57. The summed E-state index contributed by atoms with van der Waals surface area (Å²) >= 11 is 0. The number of carbonyl (C=O) groups is 2. The van der Waals surface area contributed by atoms with Crippen LogP contribution in [0.2, 0.25) is 0 Å². The molecule has 3 rings (SSSR count). The van der Waals surface area contributed by atoms with Crippen molar-refractivity contribution in [1.29, 1.82) is 0 Å². The average molecular weight is 360 g/mol. The predicted octanol–water partition coefficient (Wildman–Crippen LogP) is 1.75. The standard InChI is InChI=1S/C19H28N4O3/c1-12-11-23(13(2)10-22(12)4)19(25)16-9-15(7-8-20-16)21-18(24)17-6-5-14(3)26-17/h7-9,12-14,17H,5-6,10-11H2,1-4H3,(H,20,21,24)/t12-,13-,14?,17?/m1/s1. The summed E-state index contributed by atoms with van der Waals surface area (Å²) in [6, 6.07) is 3.77. The zero-order valence-electron chi connectivity index (χ0n) is 15.9. The maximum Gasteiger partial charge on any atom is 0.272 e. The van der Waals surface area contributed by atoms with Gasteiger partial charge in [0.15, 0.2) is 0 Å². The van der Waals surface area contributed by atoms with Crippen LogP contribution in [0, 0.1) is 0 Å². The first-order chi connectivity index (χ1) is 12.3. The quantitative estimate of drug-likeness (QED) is 0.889. The topological polar surface area (TPSA) is 74.8 Å². The van der Waals surface area contributed by atoms with Gasteiger partial charge in [0.2, 0.25) is 0 Å². The van der Waals surface area contributed by atoms with Crippen LogP contribution >= 0.6 is 0 Å². The summed E-state index contributed by atoms with van der Waals surface area (Å²) in [6.07, 6.45) is 2.86. The van der Waals surface area contributed by atoms with Gasteiger partial charge in [0, 0.05) is 37.1 Å². The largest absolute Gasteiger partial charge is 0.365 e. The highest BCUT2D eigenvalue weighted by molar-refractivity contribution is 5.97. The van der Waals surface area contributed by atoms with Crippen molar-refractivity contribution in [3.05, 3.63) is 24.0 Å². The van der Waals surface area contributed by atoms with Crippen molar-refractivity contribution in [1.82, 2.24) is 14.8 Å². The summed E-state index contributed by atoms with van der Waals surface area (Å²) in [5, 5.41) is 2.85. The molecule has 0 aliphatic carbocycles. The van der Waals surface area contributed by atoms with Crippen LogP contribution in [0.5, 0.6) is 0 Å². The van der Waals surface area contributed by atoms with E-state index >= 15 is 0 Å². The van der Waals surface area contributed by atoms with Crippen molar-refractivity contribution in [2.75, 3.05) is 25.5 Å². The van der Waals surface area contributed by atoms with E-state index in [9.17, 15) is 9.59 Å². The fourth-order valence-electron chi connectivity index (χ4n) is 3.57. The first-order valence-corrected chi connectivity index (χ1v) is 9.28. The van der Waals surface area contributed by atoms with Gasteiger partial charge in [-0.15, -0.1) is 0 Å². The molecule has 1 aromatic heterocycles. The molecule has 26 heavy (non-hydrogen) atoms. The van der Waals surface area contributed by atoms with Crippen molar-refractivity contribution in [2.45, 2.75) is 57.9 Å². The molecule has 4 atom stereocenters. The van der Waals surface area contributed by atoms with Crippen LogP contribution in [-0.4, -0.2) is 71.0 Å². The van der Waals surface area contributed by atoms with Gasteiger partial charge in [-0.1, -0.05) is 0 Å². The highest BCUT2D eigenvalue weighted by Crippen LogP contribution is 2.21. The third kappa shape index (κ3) is 4.04. The number of ether oxygens (including phenoxy) is 1. The molecule has 7 nitrogen and oxygen atoms in total. The Balaban J connectivity index is 1.68. The molecule has 2 saturated heterocycles. The lowest BCUT2D eigenvalue weighted by Crippen LogP contribution is -2.56. The molecule has 0 radical (unpaired) electrons. The molecule has 2 fully saturated rings. The Morgan fingerprint density at radius 3 is 2.65 bits per heavy atom. The molecule has 7 heteroatoms. The number of nitrogens with zero attached hydrogens (tertiary/aromatic N) is 3. The molecule has 0 aromatic carbocycles. The molecule has 0 spiro atoms. The molecular formula is C19H28N4O3. The van der Waals surface area contributed by atoms with Crippen LogP contribution in [-0.2, 0) is 9.53 Å². The van der Waals surface area contributed by atoms with Gasteiger partial charge in [-0.25, -0.2) is 0 Å². The molecule has 2 amide bonds. The first kappa shape index (κ1) is 18.8. The minimum atomic E-state index is -0.421. The van der Waals surface area contributed by atoms with Crippen LogP contribution < -0.4 is 5.32 Å². The lowest BCUT2D eigenvalue weighted by Gasteiger charge is -2.42. The van der Waals surface area contributed by atoms with Crippen molar-refractivity contribution in [2.24, 2.45) is 0 Å². The number of rotatable bonds is 3. The van der Waals surface area contributed by atoms with Gasteiger partial charge in [0.25, 0.3) is 11.8 Å². The lowest BCUT2D eigenvalue weighted by atomic mass is 10.1. The summed E-state index contributed by atoms with van der Waals surface area (Å²) in [5.41, 5.74) is 0.929. The SMILES string of the molecule is CC1CCC(C(=O)Nc2ccnc(C(=O)N3C[C@@H](C)N(C)C[C@H]3C)c2)O1. The van der Waals surface area contributed by atoms with Gasteiger partial charge in [0.05, 0.1) is 6.10 Å². The van der Waals surface area contributed by atoms with Gasteiger partial charge in [-0.3, -0.25) is 19.5 Å². The molecule has 3 heterocycles. The van der Waals surface area contributed by atoms with E-state index in [-0.39, 0.29) is 24.0 Å². The van der Waals surface area contributed by atoms with E-state index in [4.69, 9.17) is 4.74 Å². The Labute approximate surface area is 154 Å². The van der Waals surface area contributed by atoms with Gasteiger partial charge in [0.1, 0.15) is 11.8 Å². The summed E-state index contributed by atoms with van der Waals surface area (Å²) in [5.74, 6) is -0.264. The zero-order valence-corrected chi connectivity index (χ0v) is 15.9. The van der Waals surface area contributed by atoms with Gasteiger partial charge >= 0.3 is 0 Å².